The molecule has 1 rings (SSSR count). The van der Waals surface area contributed by atoms with Crippen LogP contribution in [0.4, 0.5) is 0 Å². The van der Waals surface area contributed by atoms with Crippen molar-refractivity contribution in [1.29, 1.82) is 0 Å². The molecule has 0 fully saturated rings. The van der Waals surface area contributed by atoms with Gasteiger partial charge in [-0.05, 0) is 5.92 Å². The summed E-state index contributed by atoms with van der Waals surface area (Å²) in [5.41, 5.74) is 5.50. The molecule has 0 spiro atoms. The number of hydrogen-bond acceptors (Lipinski definition) is 3. The van der Waals surface area contributed by atoms with Crippen LogP contribution in [0, 0.1) is 5.92 Å². The van der Waals surface area contributed by atoms with Crippen molar-refractivity contribution in [2.75, 3.05) is 6.54 Å². The SMILES string of the molecule is Br.C[C@@H]1CN=C(N)S[C@H]1C. The molecule has 4 heteroatoms. The fourth-order valence-corrected chi connectivity index (χ4v) is 1.57. The monoisotopic (exact) mass is 224 g/mol. The zero-order chi connectivity index (χ0) is 6.85. The van der Waals surface area contributed by atoms with Gasteiger partial charge in [0.05, 0.1) is 0 Å². The van der Waals surface area contributed by atoms with Gasteiger partial charge in [-0.25, -0.2) is 0 Å². The Hall–Kier alpha value is 0.300. The van der Waals surface area contributed by atoms with Gasteiger partial charge in [-0.2, -0.15) is 0 Å². The van der Waals surface area contributed by atoms with Crippen molar-refractivity contribution >= 4 is 33.9 Å². The number of amidine groups is 1. The molecule has 2 atom stereocenters. The van der Waals surface area contributed by atoms with Gasteiger partial charge >= 0.3 is 0 Å². The van der Waals surface area contributed by atoms with E-state index >= 15 is 0 Å². The normalized spacial score (nSPS) is 32.4. The second-order valence-corrected chi connectivity index (χ2v) is 3.88. The molecule has 2 N–H and O–H groups in total. The minimum Gasteiger partial charge on any atom is -0.379 e. The largest absolute Gasteiger partial charge is 0.379 e. The quantitative estimate of drug-likeness (QED) is 0.680. The van der Waals surface area contributed by atoms with E-state index < -0.39 is 0 Å². The van der Waals surface area contributed by atoms with Crippen molar-refractivity contribution in [3.63, 3.8) is 0 Å². The molecule has 0 aliphatic carbocycles. The van der Waals surface area contributed by atoms with Crippen molar-refractivity contribution in [2.24, 2.45) is 16.6 Å². The predicted molar refractivity (Wildman–Crippen MR) is 53.0 cm³/mol. The van der Waals surface area contributed by atoms with Crippen LogP contribution in [0.15, 0.2) is 4.99 Å². The molecule has 0 saturated heterocycles. The Labute approximate surface area is 76.4 Å². The van der Waals surface area contributed by atoms with Gasteiger partial charge in [0.2, 0.25) is 0 Å². The van der Waals surface area contributed by atoms with E-state index in [-0.39, 0.29) is 17.0 Å². The van der Waals surface area contributed by atoms with E-state index in [1.807, 2.05) is 0 Å². The lowest BCUT2D eigenvalue weighted by atomic mass is 10.1. The number of rotatable bonds is 0. The van der Waals surface area contributed by atoms with Crippen LogP contribution >= 0.6 is 28.7 Å². The third-order valence-electron chi connectivity index (χ3n) is 1.64. The topological polar surface area (TPSA) is 38.4 Å². The van der Waals surface area contributed by atoms with Crippen molar-refractivity contribution in [3.8, 4) is 0 Å². The van der Waals surface area contributed by atoms with Gasteiger partial charge in [0, 0.05) is 11.8 Å². The molecule has 0 radical (unpaired) electrons. The van der Waals surface area contributed by atoms with Crippen LogP contribution in [0.2, 0.25) is 0 Å². The molecule has 0 unspecified atom stereocenters. The lowest BCUT2D eigenvalue weighted by molar-refractivity contribution is 0.587. The van der Waals surface area contributed by atoms with Crippen molar-refractivity contribution in [3.05, 3.63) is 0 Å². The van der Waals surface area contributed by atoms with Crippen molar-refractivity contribution in [1.82, 2.24) is 0 Å². The third kappa shape index (κ3) is 2.50. The maximum Gasteiger partial charge on any atom is 0.154 e. The second-order valence-electron chi connectivity index (χ2n) is 2.48. The molecule has 0 amide bonds. The first-order valence-electron chi connectivity index (χ1n) is 3.16. The zero-order valence-corrected chi connectivity index (χ0v) is 8.73. The molecular formula is C6H13BrN2S. The van der Waals surface area contributed by atoms with E-state index in [4.69, 9.17) is 5.73 Å². The molecule has 60 valence electrons. The highest BCUT2D eigenvalue weighted by molar-refractivity contribution is 8.93. The van der Waals surface area contributed by atoms with Gasteiger partial charge in [-0.3, -0.25) is 4.99 Å². The summed E-state index contributed by atoms with van der Waals surface area (Å²) in [7, 11) is 0. The maximum atomic E-state index is 5.50. The first kappa shape index (κ1) is 10.3. The third-order valence-corrected chi connectivity index (χ3v) is 2.85. The number of aliphatic imine (C=N–C) groups is 1. The summed E-state index contributed by atoms with van der Waals surface area (Å²) in [5, 5.41) is 1.39. The minimum absolute atomic E-state index is 0. The average molecular weight is 225 g/mol. The predicted octanol–water partition coefficient (Wildman–Crippen LogP) is 1.65. The minimum atomic E-state index is 0. The highest BCUT2D eigenvalue weighted by Crippen LogP contribution is 2.23. The summed E-state index contributed by atoms with van der Waals surface area (Å²) in [6, 6.07) is 0. The Kier molecular flexibility index (Phi) is 4.36. The molecule has 2 nitrogen and oxygen atoms in total. The molecule has 0 bridgehead atoms. The fourth-order valence-electron chi connectivity index (χ4n) is 0.726. The van der Waals surface area contributed by atoms with E-state index in [1.165, 1.54) is 0 Å². The zero-order valence-electron chi connectivity index (χ0n) is 6.20. The molecule has 0 aromatic carbocycles. The van der Waals surface area contributed by atoms with Crippen molar-refractivity contribution in [2.45, 2.75) is 19.1 Å². The molecular weight excluding hydrogens is 212 g/mol. The number of hydrogen-bond donors (Lipinski definition) is 1. The van der Waals surface area contributed by atoms with Crippen LogP contribution in [0.3, 0.4) is 0 Å². The van der Waals surface area contributed by atoms with Gasteiger partial charge in [-0.15, -0.1) is 17.0 Å². The summed E-state index contributed by atoms with van der Waals surface area (Å²) < 4.78 is 0. The maximum absolute atomic E-state index is 5.50. The lowest BCUT2D eigenvalue weighted by Gasteiger charge is -2.21. The van der Waals surface area contributed by atoms with Crippen LogP contribution in [0.1, 0.15) is 13.8 Å². The number of halogens is 1. The van der Waals surface area contributed by atoms with E-state index in [2.05, 4.69) is 18.8 Å². The number of nitrogens with two attached hydrogens (primary N) is 1. The molecule has 10 heavy (non-hydrogen) atoms. The summed E-state index contributed by atoms with van der Waals surface area (Å²) in [6.07, 6.45) is 0. The van der Waals surface area contributed by atoms with Crippen LogP contribution < -0.4 is 5.73 Å². The molecule has 0 saturated carbocycles. The molecule has 0 aromatic heterocycles. The van der Waals surface area contributed by atoms with E-state index in [0.29, 0.717) is 11.2 Å². The molecule has 1 heterocycles. The molecule has 1 aliphatic rings. The van der Waals surface area contributed by atoms with Crippen LogP contribution in [0.5, 0.6) is 0 Å². The van der Waals surface area contributed by atoms with Gasteiger partial charge < -0.3 is 5.73 Å². The van der Waals surface area contributed by atoms with Gasteiger partial charge in [0.1, 0.15) is 0 Å². The smallest absolute Gasteiger partial charge is 0.154 e. The summed E-state index contributed by atoms with van der Waals surface area (Å²) in [4.78, 5) is 4.12. The van der Waals surface area contributed by atoms with E-state index in [1.54, 1.807) is 11.8 Å². The second kappa shape index (κ2) is 4.23. The summed E-state index contributed by atoms with van der Waals surface area (Å²) >= 11 is 1.68. The lowest BCUT2D eigenvalue weighted by Crippen LogP contribution is -2.25. The summed E-state index contributed by atoms with van der Waals surface area (Å²) in [5.74, 6) is 0.683. The van der Waals surface area contributed by atoms with E-state index in [0.717, 1.165) is 11.7 Å². The van der Waals surface area contributed by atoms with Gasteiger partial charge in [0.15, 0.2) is 5.17 Å². The van der Waals surface area contributed by atoms with Crippen LogP contribution in [0.25, 0.3) is 0 Å². The molecule has 0 aromatic rings. The van der Waals surface area contributed by atoms with Gasteiger partial charge in [-0.1, -0.05) is 25.6 Å². The number of nitrogens with zero attached hydrogens (tertiary/aromatic N) is 1. The average Bonchev–Trinajstić information content (AvgIpc) is 1.80. The Bertz CT molecular complexity index is 138. The molecule has 1 aliphatic heterocycles. The van der Waals surface area contributed by atoms with Crippen LogP contribution in [-0.2, 0) is 0 Å². The number of thioether (sulfide) groups is 1. The Balaban J connectivity index is 0.000000810. The first-order chi connectivity index (χ1) is 4.20. The highest BCUT2D eigenvalue weighted by atomic mass is 79.9. The Morgan fingerprint density at radius 2 is 2.20 bits per heavy atom. The van der Waals surface area contributed by atoms with E-state index in [9.17, 15) is 0 Å². The van der Waals surface area contributed by atoms with Crippen LogP contribution in [-0.4, -0.2) is 17.0 Å². The first-order valence-corrected chi connectivity index (χ1v) is 4.04. The Morgan fingerprint density at radius 3 is 2.60 bits per heavy atom. The van der Waals surface area contributed by atoms with Gasteiger partial charge in [0.25, 0.3) is 0 Å². The fraction of sp³-hybridized carbons (Fsp3) is 0.833. The Morgan fingerprint density at radius 1 is 1.60 bits per heavy atom. The summed E-state index contributed by atoms with van der Waals surface area (Å²) in [6.45, 7) is 5.30. The standard InChI is InChI=1S/C6H12N2S.BrH/c1-4-3-8-6(7)9-5(4)2;/h4-5H,3H2,1-2H3,(H2,7,8);1H/t4-,5+;/m1./s1. The van der Waals surface area contributed by atoms with Crippen molar-refractivity contribution < 1.29 is 0 Å². The highest BCUT2D eigenvalue weighted by Gasteiger charge is 2.17.